The average Bonchev–Trinajstić information content (AvgIpc) is 2.91. The van der Waals surface area contributed by atoms with Crippen LogP contribution in [-0.2, 0) is 4.79 Å². The smallest absolute Gasteiger partial charge is 0.257 e. The molecule has 1 fully saturated rings. The Labute approximate surface area is 183 Å². The summed E-state index contributed by atoms with van der Waals surface area (Å²) < 4.78 is 0. The van der Waals surface area contributed by atoms with E-state index in [1.807, 2.05) is 13.0 Å². The van der Waals surface area contributed by atoms with E-state index in [4.69, 9.17) is 0 Å². The fourth-order valence-corrected chi connectivity index (χ4v) is 3.77. The Morgan fingerprint density at radius 2 is 1.90 bits per heavy atom. The van der Waals surface area contributed by atoms with Gasteiger partial charge in [0.25, 0.3) is 5.91 Å². The van der Waals surface area contributed by atoms with E-state index in [2.05, 4.69) is 39.0 Å². The van der Waals surface area contributed by atoms with Gasteiger partial charge in [-0.3, -0.25) is 19.4 Å². The summed E-state index contributed by atoms with van der Waals surface area (Å²) in [7, 11) is 2.13. The standard InChI is InChI=1S/C24H27N5O2/c1-18(8-5-6-13-28-16-14-27(2)15-17-28)24(31)29-21-11-4-3-9-19(21)23(30)26-20-10-7-12-25-22(20)29/h3-4,7,9-12,18H,8,13-17H2,1-2H3,(H,26,30). The highest BCUT2D eigenvalue weighted by molar-refractivity contribution is 6.17. The Morgan fingerprint density at radius 1 is 1.13 bits per heavy atom. The number of fused-ring (bicyclic) bond motifs is 2. The Bertz CT molecular complexity index is 1030. The Kier molecular flexibility index (Phi) is 6.31. The summed E-state index contributed by atoms with van der Waals surface area (Å²) in [5, 5.41) is 2.86. The van der Waals surface area contributed by atoms with E-state index in [-0.39, 0.29) is 17.7 Å². The van der Waals surface area contributed by atoms with E-state index in [1.165, 1.54) is 0 Å². The molecule has 2 aromatic rings. The van der Waals surface area contributed by atoms with Crippen LogP contribution in [0.4, 0.5) is 17.2 Å². The second kappa shape index (κ2) is 9.29. The molecule has 3 heterocycles. The highest BCUT2D eigenvalue weighted by Gasteiger charge is 2.32. The maximum atomic E-state index is 13.5. The van der Waals surface area contributed by atoms with Crippen molar-refractivity contribution >= 4 is 29.0 Å². The van der Waals surface area contributed by atoms with Crippen molar-refractivity contribution in [3.8, 4) is 11.8 Å². The van der Waals surface area contributed by atoms with Crippen molar-refractivity contribution in [2.45, 2.75) is 13.3 Å². The molecule has 1 aromatic heterocycles. The summed E-state index contributed by atoms with van der Waals surface area (Å²) in [6.45, 7) is 6.76. The lowest BCUT2D eigenvalue weighted by Crippen LogP contribution is -2.44. The molecule has 1 N–H and O–H groups in total. The molecule has 1 aromatic carbocycles. The predicted molar refractivity (Wildman–Crippen MR) is 121 cm³/mol. The molecule has 0 aliphatic carbocycles. The van der Waals surface area contributed by atoms with Gasteiger partial charge in [-0.05, 0) is 31.3 Å². The van der Waals surface area contributed by atoms with Crippen LogP contribution in [0.5, 0.6) is 0 Å². The Balaban J connectivity index is 1.52. The lowest BCUT2D eigenvalue weighted by atomic mass is 10.0. The number of likely N-dealkylation sites (N-methyl/N-ethyl adjacent to an activating group) is 1. The summed E-state index contributed by atoms with van der Waals surface area (Å²) in [4.78, 5) is 36.8. The van der Waals surface area contributed by atoms with E-state index >= 15 is 0 Å². The molecule has 0 saturated carbocycles. The molecular formula is C24H27N5O2. The van der Waals surface area contributed by atoms with Crippen molar-refractivity contribution in [1.82, 2.24) is 14.8 Å². The van der Waals surface area contributed by atoms with Gasteiger partial charge in [-0.15, -0.1) is 5.92 Å². The molecule has 4 rings (SSSR count). The van der Waals surface area contributed by atoms with Gasteiger partial charge in [-0.1, -0.05) is 25.0 Å². The van der Waals surface area contributed by atoms with Gasteiger partial charge in [-0.25, -0.2) is 4.98 Å². The van der Waals surface area contributed by atoms with E-state index in [0.29, 0.717) is 29.2 Å². The second-order valence-electron chi connectivity index (χ2n) is 8.06. The number of aromatic nitrogens is 1. The molecule has 31 heavy (non-hydrogen) atoms. The van der Waals surface area contributed by atoms with E-state index < -0.39 is 0 Å². The Morgan fingerprint density at radius 3 is 2.71 bits per heavy atom. The second-order valence-corrected chi connectivity index (χ2v) is 8.06. The van der Waals surface area contributed by atoms with Gasteiger partial charge in [0, 0.05) is 44.7 Å². The third kappa shape index (κ3) is 4.61. The number of hydrogen-bond donors (Lipinski definition) is 1. The van der Waals surface area contributed by atoms with E-state index in [1.54, 1.807) is 41.4 Å². The number of carbonyl (C=O) groups is 2. The maximum absolute atomic E-state index is 13.5. The molecule has 7 nitrogen and oxygen atoms in total. The lowest BCUT2D eigenvalue weighted by Gasteiger charge is -2.30. The van der Waals surface area contributed by atoms with Gasteiger partial charge < -0.3 is 10.2 Å². The third-order valence-electron chi connectivity index (χ3n) is 5.71. The van der Waals surface area contributed by atoms with Gasteiger partial charge >= 0.3 is 0 Å². The molecule has 0 spiro atoms. The van der Waals surface area contributed by atoms with Crippen LogP contribution in [0.25, 0.3) is 0 Å². The number of para-hydroxylation sites is 1. The largest absolute Gasteiger partial charge is 0.319 e. The quantitative estimate of drug-likeness (QED) is 0.778. The summed E-state index contributed by atoms with van der Waals surface area (Å²) in [5.74, 6) is 6.12. The van der Waals surface area contributed by atoms with Crippen LogP contribution in [0, 0.1) is 17.8 Å². The molecule has 7 heteroatoms. The number of nitrogens with zero attached hydrogens (tertiary/aromatic N) is 4. The number of nitrogens with one attached hydrogen (secondary N) is 1. The van der Waals surface area contributed by atoms with E-state index in [9.17, 15) is 9.59 Å². The molecule has 2 aliphatic heterocycles. The number of benzene rings is 1. The number of hydrogen-bond acceptors (Lipinski definition) is 5. The Hall–Kier alpha value is -3.21. The summed E-state index contributed by atoms with van der Waals surface area (Å²) in [6, 6.07) is 10.6. The first kappa shape index (κ1) is 21.0. The summed E-state index contributed by atoms with van der Waals surface area (Å²) in [5.41, 5.74) is 1.51. The van der Waals surface area contributed by atoms with Gasteiger partial charge in [-0.2, -0.15) is 0 Å². The van der Waals surface area contributed by atoms with Crippen molar-refractivity contribution < 1.29 is 9.59 Å². The molecular weight excluding hydrogens is 390 g/mol. The highest BCUT2D eigenvalue weighted by atomic mass is 16.2. The minimum absolute atomic E-state index is 0.127. The first-order chi connectivity index (χ1) is 15.0. The molecule has 2 aliphatic rings. The number of pyridine rings is 1. The normalized spacial score (nSPS) is 17.5. The van der Waals surface area contributed by atoms with Crippen LogP contribution in [0.2, 0.25) is 0 Å². The van der Waals surface area contributed by atoms with Crippen LogP contribution >= 0.6 is 0 Å². The van der Waals surface area contributed by atoms with Crippen molar-refractivity contribution in [2.75, 3.05) is 50.0 Å². The molecule has 0 radical (unpaired) electrons. The predicted octanol–water partition coefficient (Wildman–Crippen LogP) is 2.59. The highest BCUT2D eigenvalue weighted by Crippen LogP contribution is 2.37. The van der Waals surface area contributed by atoms with Gasteiger partial charge in [0.1, 0.15) is 0 Å². The monoisotopic (exact) mass is 417 g/mol. The van der Waals surface area contributed by atoms with Gasteiger partial charge in [0.2, 0.25) is 5.91 Å². The summed E-state index contributed by atoms with van der Waals surface area (Å²) >= 11 is 0. The van der Waals surface area contributed by atoms with Gasteiger partial charge in [0.05, 0.1) is 23.5 Å². The third-order valence-corrected chi connectivity index (χ3v) is 5.71. The van der Waals surface area contributed by atoms with Crippen LogP contribution in [-0.4, -0.2) is 66.4 Å². The fourth-order valence-electron chi connectivity index (χ4n) is 3.77. The molecule has 2 amide bonds. The number of anilines is 3. The molecule has 1 saturated heterocycles. The summed E-state index contributed by atoms with van der Waals surface area (Å²) in [6.07, 6.45) is 2.08. The van der Waals surface area contributed by atoms with Crippen LogP contribution in [0.15, 0.2) is 42.6 Å². The molecule has 160 valence electrons. The number of piperazine rings is 1. The molecule has 1 atom stereocenters. The van der Waals surface area contributed by atoms with Crippen molar-refractivity contribution in [3.63, 3.8) is 0 Å². The van der Waals surface area contributed by atoms with Crippen molar-refractivity contribution in [1.29, 1.82) is 0 Å². The lowest BCUT2D eigenvalue weighted by molar-refractivity contribution is -0.121. The van der Waals surface area contributed by atoms with Crippen LogP contribution in [0.3, 0.4) is 0 Å². The van der Waals surface area contributed by atoms with E-state index in [0.717, 1.165) is 32.7 Å². The van der Waals surface area contributed by atoms with Crippen molar-refractivity contribution in [3.05, 3.63) is 48.2 Å². The SMILES string of the molecule is CC(CC#CCN1CCN(C)CC1)C(=O)N1c2ccccc2C(=O)Nc2cccnc21. The fraction of sp³-hybridized carbons (Fsp3) is 0.375. The topological polar surface area (TPSA) is 68.8 Å². The van der Waals surface area contributed by atoms with Crippen molar-refractivity contribution in [2.24, 2.45) is 5.92 Å². The van der Waals surface area contributed by atoms with Gasteiger partial charge in [0.15, 0.2) is 5.82 Å². The first-order valence-electron chi connectivity index (χ1n) is 10.6. The van der Waals surface area contributed by atoms with Crippen LogP contribution in [0.1, 0.15) is 23.7 Å². The minimum Gasteiger partial charge on any atom is -0.319 e. The zero-order valence-corrected chi connectivity index (χ0v) is 18.0. The molecule has 1 unspecified atom stereocenters. The minimum atomic E-state index is -0.337. The number of amides is 2. The molecule has 0 bridgehead atoms. The first-order valence-corrected chi connectivity index (χ1v) is 10.6. The zero-order chi connectivity index (χ0) is 21.8. The van der Waals surface area contributed by atoms with Crippen LogP contribution < -0.4 is 10.2 Å². The average molecular weight is 418 g/mol. The number of rotatable bonds is 3. The zero-order valence-electron chi connectivity index (χ0n) is 18.0. The number of carbonyl (C=O) groups excluding carboxylic acids is 2. The maximum Gasteiger partial charge on any atom is 0.257 e.